The van der Waals surface area contributed by atoms with E-state index in [9.17, 15) is 31.0 Å². The lowest BCUT2D eigenvalue weighted by molar-refractivity contribution is -0.432. The standard InChI is InChI=1S/C30H20N4O10S3/c1-34-21-13-12-20(31-18-11-10-15(47(40,41)42)14-22(18)45-44-43-37)25-26(21)24(16-6-2-3-7-17(16)28(25)35)27(30(34)36)29-32-19-8-4-5-9-23(19)46(38,39)33-29/h2-14,31,37H,1H3,(H,32,33)(H,40,41,42). The molecule has 17 heteroatoms. The number of aryl methyl sites for hydroxylation is 1. The Morgan fingerprint density at radius 2 is 1.62 bits per heavy atom. The van der Waals surface area contributed by atoms with Gasteiger partial charge in [0.2, 0.25) is 0 Å². The maximum atomic E-state index is 14.2. The maximum absolute atomic E-state index is 14.2. The molecular formula is C30H20N4O10S3. The van der Waals surface area contributed by atoms with Crippen molar-refractivity contribution in [3.05, 3.63) is 106 Å². The van der Waals surface area contributed by atoms with Gasteiger partial charge in [0.05, 0.1) is 55.5 Å². The van der Waals surface area contributed by atoms with E-state index in [1.54, 1.807) is 48.5 Å². The number of sulfonamides is 1. The van der Waals surface area contributed by atoms with Gasteiger partial charge in [0, 0.05) is 23.6 Å². The van der Waals surface area contributed by atoms with E-state index in [-0.39, 0.29) is 54.9 Å². The summed E-state index contributed by atoms with van der Waals surface area (Å²) in [6, 6.07) is 19.3. The van der Waals surface area contributed by atoms with Gasteiger partial charge in [-0.3, -0.25) is 18.9 Å². The summed E-state index contributed by atoms with van der Waals surface area (Å²) in [5.41, 5.74) is 1.32. The van der Waals surface area contributed by atoms with Crippen LogP contribution in [0.5, 0.6) is 0 Å². The highest BCUT2D eigenvalue weighted by molar-refractivity contribution is 7.94. The molecular weight excluding hydrogens is 673 g/mol. The molecule has 7 rings (SSSR count). The van der Waals surface area contributed by atoms with Gasteiger partial charge >= 0.3 is 0 Å². The first-order chi connectivity index (χ1) is 22.4. The molecule has 238 valence electrons. The second-order valence-electron chi connectivity index (χ2n) is 10.4. The summed E-state index contributed by atoms with van der Waals surface area (Å²) in [6.45, 7) is 0. The second kappa shape index (κ2) is 11.1. The van der Waals surface area contributed by atoms with Crippen molar-refractivity contribution in [2.75, 3.05) is 5.32 Å². The minimum Gasteiger partial charge on any atom is -0.354 e. The highest BCUT2D eigenvalue weighted by Crippen LogP contribution is 2.45. The first kappa shape index (κ1) is 30.8. The summed E-state index contributed by atoms with van der Waals surface area (Å²) in [4.78, 5) is 32.3. The third-order valence-corrected chi connectivity index (χ3v) is 10.6. The van der Waals surface area contributed by atoms with Gasteiger partial charge in [0.25, 0.3) is 25.7 Å². The molecule has 0 saturated carbocycles. The second-order valence-corrected chi connectivity index (χ2v) is 14.2. The summed E-state index contributed by atoms with van der Waals surface area (Å²) < 4.78 is 68.0. The van der Waals surface area contributed by atoms with E-state index in [0.29, 0.717) is 28.5 Å². The van der Waals surface area contributed by atoms with Crippen molar-refractivity contribution in [2.45, 2.75) is 14.7 Å². The normalized spacial score (nSPS) is 14.6. The van der Waals surface area contributed by atoms with Crippen molar-refractivity contribution < 1.29 is 40.8 Å². The number of amidine groups is 1. The van der Waals surface area contributed by atoms with E-state index in [0.717, 1.165) is 12.1 Å². The number of carbonyl (C=O) groups is 1. The molecule has 0 saturated heterocycles. The number of nitrogens with one attached hydrogen (secondary N) is 2. The molecule has 0 radical (unpaired) electrons. The van der Waals surface area contributed by atoms with Crippen LogP contribution in [0.15, 0.2) is 103 Å². The molecule has 47 heavy (non-hydrogen) atoms. The lowest BCUT2D eigenvalue weighted by atomic mass is 9.81. The zero-order valence-electron chi connectivity index (χ0n) is 23.8. The number of rotatable bonds is 7. The number of nitrogens with zero attached hydrogens (tertiary/aromatic N) is 2. The monoisotopic (exact) mass is 692 g/mol. The molecule has 0 atom stereocenters. The van der Waals surface area contributed by atoms with Crippen molar-refractivity contribution in [2.24, 2.45) is 12.0 Å². The molecule has 0 bridgehead atoms. The van der Waals surface area contributed by atoms with Gasteiger partial charge in [-0.05, 0) is 48.0 Å². The molecule has 1 aliphatic heterocycles. The number of fused-ring (bicyclic) bond motifs is 3. The van der Waals surface area contributed by atoms with E-state index in [4.69, 9.17) is 5.26 Å². The summed E-state index contributed by atoms with van der Waals surface area (Å²) in [7, 11) is -7.24. The molecule has 1 aromatic heterocycles. The summed E-state index contributed by atoms with van der Waals surface area (Å²) >= 11 is 0.418. The van der Waals surface area contributed by atoms with Crippen LogP contribution >= 0.6 is 12.0 Å². The van der Waals surface area contributed by atoms with Crippen molar-refractivity contribution in [1.29, 1.82) is 0 Å². The van der Waals surface area contributed by atoms with Crippen LogP contribution in [0, 0.1) is 0 Å². The quantitative estimate of drug-likeness (QED) is 0.0789. The Morgan fingerprint density at radius 3 is 2.36 bits per heavy atom. The molecule has 4 N–H and O–H groups in total. The predicted octanol–water partition coefficient (Wildman–Crippen LogP) is 4.54. The average molecular weight is 693 g/mol. The summed E-state index contributed by atoms with van der Waals surface area (Å²) in [6.07, 6.45) is 0. The van der Waals surface area contributed by atoms with Crippen LogP contribution in [0.4, 0.5) is 17.1 Å². The van der Waals surface area contributed by atoms with Crippen molar-refractivity contribution >= 4 is 71.8 Å². The fourth-order valence-electron chi connectivity index (χ4n) is 5.74. The first-order valence-electron chi connectivity index (χ1n) is 13.5. The van der Waals surface area contributed by atoms with Crippen LogP contribution in [0.1, 0.15) is 21.5 Å². The van der Waals surface area contributed by atoms with Crippen LogP contribution in [0.3, 0.4) is 0 Å². The Bertz CT molecular complexity index is 2510. The number of para-hydroxylation sites is 1. The van der Waals surface area contributed by atoms with Crippen molar-refractivity contribution in [3.63, 3.8) is 0 Å². The average Bonchev–Trinajstić information content (AvgIpc) is 3.04. The van der Waals surface area contributed by atoms with Crippen LogP contribution in [0.2, 0.25) is 0 Å². The molecule has 14 nitrogen and oxygen atoms in total. The van der Waals surface area contributed by atoms with Gasteiger partial charge in [-0.25, -0.2) is 18.7 Å². The van der Waals surface area contributed by atoms with Crippen LogP contribution in [-0.4, -0.2) is 42.8 Å². The summed E-state index contributed by atoms with van der Waals surface area (Å²) in [5.74, 6) is -0.628. The molecule has 1 aliphatic carbocycles. The number of anilines is 2. The van der Waals surface area contributed by atoms with E-state index >= 15 is 0 Å². The minimum absolute atomic E-state index is 0.0381. The van der Waals surface area contributed by atoms with Gasteiger partial charge in [-0.15, -0.1) is 4.33 Å². The van der Waals surface area contributed by atoms with Crippen LogP contribution in [0.25, 0.3) is 22.0 Å². The lowest BCUT2D eigenvalue weighted by Gasteiger charge is -2.27. The van der Waals surface area contributed by atoms with Crippen LogP contribution < -0.4 is 15.6 Å². The van der Waals surface area contributed by atoms with E-state index in [2.05, 4.69) is 24.4 Å². The van der Waals surface area contributed by atoms with E-state index < -0.39 is 36.4 Å². The Balaban J connectivity index is 1.53. The Morgan fingerprint density at radius 1 is 0.915 bits per heavy atom. The third-order valence-electron chi connectivity index (χ3n) is 7.76. The number of hydrogen-bond donors (Lipinski definition) is 4. The largest absolute Gasteiger partial charge is 0.354 e. The fraction of sp³-hybridized carbons (Fsp3) is 0.0333. The van der Waals surface area contributed by atoms with Crippen molar-refractivity contribution in [3.8, 4) is 11.1 Å². The number of benzene rings is 4. The van der Waals surface area contributed by atoms with Crippen molar-refractivity contribution in [1.82, 2.24) is 9.29 Å². The number of aliphatic imine (C=N–C) groups is 1. The zero-order chi connectivity index (χ0) is 33.2. The Labute approximate surface area is 270 Å². The van der Waals surface area contributed by atoms with Gasteiger partial charge in [0.15, 0.2) is 11.6 Å². The molecule has 4 aromatic carbocycles. The number of carbonyl (C=O) groups excluding carboxylic acids is 1. The SMILES string of the molecule is Cn1c(=O)c(C2=Nc3ccccc3S(=O)(=O)N2)c2c3c(c(Nc4ccc(S(=O)(=O)O)cc4SOOO)ccc31)C(=O)c1ccccc1-2. The highest BCUT2D eigenvalue weighted by Gasteiger charge is 2.36. The fourth-order valence-corrected chi connectivity index (χ4v) is 7.97. The topological polar surface area (TPSA) is 203 Å². The molecule has 0 fully saturated rings. The molecule has 2 aliphatic rings. The number of aromatic nitrogens is 1. The number of ketones is 1. The molecule has 2 heterocycles. The number of hydrogen-bond acceptors (Lipinski definition) is 12. The van der Waals surface area contributed by atoms with Gasteiger partial charge < -0.3 is 9.88 Å². The first-order valence-corrected chi connectivity index (χ1v) is 17.1. The zero-order valence-corrected chi connectivity index (χ0v) is 26.2. The molecule has 0 unspecified atom stereocenters. The highest BCUT2D eigenvalue weighted by atomic mass is 32.2. The van der Waals surface area contributed by atoms with Gasteiger partial charge in [-0.1, -0.05) is 41.4 Å². The summed E-state index contributed by atoms with van der Waals surface area (Å²) in [5, 5.41) is 15.8. The van der Waals surface area contributed by atoms with E-state index in [1.165, 1.54) is 29.8 Å². The number of pyridine rings is 1. The third kappa shape index (κ3) is 5.01. The molecule has 0 amide bonds. The Hall–Kier alpha value is -4.88. The predicted molar refractivity (Wildman–Crippen MR) is 171 cm³/mol. The Kier molecular flexibility index (Phi) is 7.28. The molecule has 0 spiro atoms. The smallest absolute Gasteiger partial charge is 0.294 e. The van der Waals surface area contributed by atoms with Gasteiger partial charge in [0.1, 0.15) is 4.90 Å². The van der Waals surface area contributed by atoms with Crippen LogP contribution in [-0.2, 0) is 36.6 Å². The van der Waals surface area contributed by atoms with Gasteiger partial charge in [-0.2, -0.15) is 8.42 Å². The lowest BCUT2D eigenvalue weighted by Crippen LogP contribution is -2.39. The minimum atomic E-state index is -4.62. The maximum Gasteiger partial charge on any atom is 0.294 e. The molecule has 5 aromatic rings. The van der Waals surface area contributed by atoms with E-state index in [1.807, 2.05) is 0 Å².